The lowest BCUT2D eigenvalue weighted by Crippen LogP contribution is -2.43. The number of nitrogens with one attached hydrogen (secondary N) is 1. The first-order chi connectivity index (χ1) is 19.3. The summed E-state index contributed by atoms with van der Waals surface area (Å²) in [6, 6.07) is 5.20. The molecule has 6 rings (SSSR count). The van der Waals surface area contributed by atoms with E-state index >= 15 is 0 Å². The van der Waals surface area contributed by atoms with E-state index in [1.807, 2.05) is 19.2 Å². The van der Waals surface area contributed by atoms with Crippen LogP contribution in [0.25, 0.3) is 0 Å². The Morgan fingerprint density at radius 2 is 1.70 bits per heavy atom. The van der Waals surface area contributed by atoms with Crippen LogP contribution >= 0.6 is 11.6 Å². The average Bonchev–Trinajstić information content (AvgIpc) is 3.12. The molecular formula is C31H42ClN5O3. The van der Waals surface area contributed by atoms with Crippen molar-refractivity contribution < 1.29 is 9.53 Å². The highest BCUT2D eigenvalue weighted by molar-refractivity contribution is 6.31. The molecule has 0 radical (unpaired) electrons. The van der Waals surface area contributed by atoms with Gasteiger partial charge in [0.15, 0.2) is 0 Å². The molecule has 0 spiro atoms. The van der Waals surface area contributed by atoms with Crippen LogP contribution in [0.4, 0.5) is 11.8 Å². The second kappa shape index (κ2) is 11.4. The first-order valence-electron chi connectivity index (χ1n) is 15.1. The molecule has 2 bridgehead atoms. The summed E-state index contributed by atoms with van der Waals surface area (Å²) in [6.07, 6.45) is 8.87. The number of rotatable bonds is 3. The van der Waals surface area contributed by atoms with Crippen LogP contribution in [-0.2, 0) is 17.6 Å². The van der Waals surface area contributed by atoms with E-state index in [1.165, 1.54) is 12.8 Å². The molecule has 2 saturated heterocycles. The van der Waals surface area contributed by atoms with Gasteiger partial charge in [0.25, 0.3) is 5.56 Å². The van der Waals surface area contributed by atoms with E-state index in [-0.39, 0.29) is 23.4 Å². The lowest BCUT2D eigenvalue weighted by atomic mass is 9.89. The van der Waals surface area contributed by atoms with Crippen molar-refractivity contribution in [3.8, 4) is 5.75 Å². The highest BCUT2D eigenvalue weighted by atomic mass is 35.5. The summed E-state index contributed by atoms with van der Waals surface area (Å²) < 4.78 is 6.79. The van der Waals surface area contributed by atoms with Crippen LogP contribution in [0.1, 0.15) is 80.9 Å². The van der Waals surface area contributed by atoms with Crippen LogP contribution in [0.2, 0.25) is 5.02 Å². The highest BCUT2D eigenvalue weighted by Crippen LogP contribution is 2.41. The minimum absolute atomic E-state index is 0.0815. The Balaban J connectivity index is 1.32. The van der Waals surface area contributed by atoms with Gasteiger partial charge in [0.2, 0.25) is 5.95 Å². The number of piperidine rings is 1. The molecule has 4 aliphatic heterocycles. The predicted molar refractivity (Wildman–Crippen MR) is 159 cm³/mol. The van der Waals surface area contributed by atoms with Gasteiger partial charge in [-0.3, -0.25) is 14.6 Å². The first-order valence-corrected chi connectivity index (χ1v) is 15.5. The van der Waals surface area contributed by atoms with E-state index in [1.54, 1.807) is 0 Å². The summed E-state index contributed by atoms with van der Waals surface area (Å²) in [5.74, 6) is 2.58. The number of ether oxygens (including phenoxy) is 1. The van der Waals surface area contributed by atoms with Gasteiger partial charge in [-0.1, -0.05) is 18.5 Å². The molecule has 2 aromatic rings. The third-order valence-corrected chi connectivity index (χ3v) is 10.2. The van der Waals surface area contributed by atoms with Crippen LogP contribution < -0.4 is 20.1 Å². The number of carbonyl (C=O) groups excluding carboxylic acids is 1. The van der Waals surface area contributed by atoms with Gasteiger partial charge in [-0.25, -0.2) is 0 Å². The Morgan fingerprint density at radius 3 is 2.48 bits per heavy atom. The van der Waals surface area contributed by atoms with Crippen LogP contribution in [0.5, 0.6) is 5.75 Å². The Kier molecular flexibility index (Phi) is 7.83. The van der Waals surface area contributed by atoms with Crippen LogP contribution in [0.15, 0.2) is 16.9 Å². The van der Waals surface area contributed by atoms with Gasteiger partial charge in [0, 0.05) is 62.2 Å². The molecule has 4 aliphatic rings. The van der Waals surface area contributed by atoms with Crippen molar-refractivity contribution in [2.24, 2.45) is 0 Å². The summed E-state index contributed by atoms with van der Waals surface area (Å²) in [7, 11) is 4.23. The maximum atomic E-state index is 13.0. The molecule has 1 aromatic heterocycles. The molecule has 0 aliphatic carbocycles. The summed E-state index contributed by atoms with van der Waals surface area (Å²) in [5.41, 5.74) is 2.89. The molecule has 8 nitrogen and oxygen atoms in total. The number of hydrogen-bond acceptors (Lipinski definition) is 7. The molecule has 216 valence electrons. The van der Waals surface area contributed by atoms with E-state index in [2.05, 4.69) is 33.7 Å². The minimum Gasteiger partial charge on any atom is -0.490 e. The zero-order valence-corrected chi connectivity index (χ0v) is 24.8. The Hall–Kier alpha value is -2.58. The molecule has 3 unspecified atom stereocenters. The lowest BCUT2D eigenvalue weighted by molar-refractivity contribution is -0.119. The number of nitrogens with zero attached hydrogens (tertiary/aromatic N) is 4. The van der Waals surface area contributed by atoms with Crippen molar-refractivity contribution in [2.45, 2.75) is 95.2 Å². The van der Waals surface area contributed by atoms with Crippen molar-refractivity contribution in [3.63, 3.8) is 0 Å². The van der Waals surface area contributed by atoms with Crippen molar-refractivity contribution in [2.75, 3.05) is 43.5 Å². The summed E-state index contributed by atoms with van der Waals surface area (Å²) >= 11 is 6.89. The molecular weight excluding hydrogens is 526 g/mol. The molecule has 1 aromatic carbocycles. The molecule has 9 heteroatoms. The van der Waals surface area contributed by atoms with Crippen LogP contribution in [0, 0.1) is 0 Å². The number of fused-ring (bicyclic) bond motifs is 4. The largest absolute Gasteiger partial charge is 0.490 e. The number of aromatic nitrogens is 2. The van der Waals surface area contributed by atoms with E-state index < -0.39 is 0 Å². The Labute approximate surface area is 242 Å². The topological polar surface area (TPSA) is 81.8 Å². The second-order valence-electron chi connectivity index (χ2n) is 12.4. The fourth-order valence-electron chi connectivity index (χ4n) is 7.39. The van der Waals surface area contributed by atoms with E-state index in [0.29, 0.717) is 50.4 Å². The maximum Gasteiger partial charge on any atom is 0.257 e. The molecule has 5 heterocycles. The van der Waals surface area contributed by atoms with Crippen molar-refractivity contribution in [1.82, 2.24) is 14.9 Å². The number of halogens is 1. The predicted octanol–water partition coefficient (Wildman–Crippen LogP) is 4.72. The number of carbonyl (C=O) groups is 1. The number of benzene rings is 1. The van der Waals surface area contributed by atoms with Gasteiger partial charge in [0.1, 0.15) is 23.5 Å². The highest BCUT2D eigenvalue weighted by Gasteiger charge is 2.39. The number of anilines is 2. The minimum atomic E-state index is -0.0815. The van der Waals surface area contributed by atoms with Crippen molar-refractivity contribution in [3.05, 3.63) is 44.2 Å². The monoisotopic (exact) mass is 567 g/mol. The lowest BCUT2D eigenvalue weighted by Gasteiger charge is -2.37. The zero-order valence-electron chi connectivity index (χ0n) is 24.0. The normalized spacial score (nSPS) is 27.6. The van der Waals surface area contributed by atoms with Crippen LogP contribution in [-0.4, -0.2) is 72.6 Å². The Bertz CT molecular complexity index is 1310. The molecule has 2 fully saturated rings. The van der Waals surface area contributed by atoms with E-state index in [0.717, 1.165) is 71.9 Å². The molecule has 3 atom stereocenters. The molecule has 40 heavy (non-hydrogen) atoms. The molecule has 0 saturated carbocycles. The van der Waals surface area contributed by atoms with Crippen LogP contribution in [0.3, 0.4) is 0 Å². The quantitative estimate of drug-likeness (QED) is 0.575. The summed E-state index contributed by atoms with van der Waals surface area (Å²) in [5, 5.41) is 0.731. The number of aromatic amines is 1. The Morgan fingerprint density at radius 1 is 0.950 bits per heavy atom. The fourth-order valence-corrected chi connectivity index (χ4v) is 7.65. The zero-order chi connectivity index (χ0) is 28.0. The number of H-pyrrole nitrogens is 1. The number of ketones is 1. The maximum absolute atomic E-state index is 13.0. The number of Topliss-reactive ketones (excluding diaryl/α,β-unsaturated/α-hetero) is 1. The average molecular weight is 568 g/mol. The molecule has 0 amide bonds. The van der Waals surface area contributed by atoms with Crippen molar-refractivity contribution in [1.29, 1.82) is 0 Å². The van der Waals surface area contributed by atoms with Gasteiger partial charge in [-0.15, -0.1) is 0 Å². The standard InChI is InChI=1S/C31H42ClN5O3/c1-19-6-9-22(38)12-15-37(31-33-29-25(30(39)34-31)5-4-14-35(29)2)16-13-24-26(32)10-11-27(28(19)24)40-23-17-20-7-8-21(18-23)36(20)3/h10-11,19-21,23H,4-9,12-18H2,1-3H3,(H,33,34,39). The summed E-state index contributed by atoms with van der Waals surface area (Å²) in [6.45, 7) is 4.19. The smallest absolute Gasteiger partial charge is 0.257 e. The van der Waals surface area contributed by atoms with Gasteiger partial charge < -0.3 is 19.4 Å². The fraction of sp³-hybridized carbons (Fsp3) is 0.645. The molecule has 1 N–H and O–H groups in total. The SMILES string of the molecule is CC1CCC(=O)CCN(c2nc3c(c(=O)[nH]2)CCCN3C)CCc2c(Cl)ccc(OC3CC4CCC(C3)N4C)c21. The summed E-state index contributed by atoms with van der Waals surface area (Å²) in [4.78, 5) is 40.6. The third-order valence-electron chi connectivity index (χ3n) is 9.81. The van der Waals surface area contributed by atoms with Gasteiger partial charge >= 0.3 is 0 Å². The van der Waals surface area contributed by atoms with Gasteiger partial charge in [-0.2, -0.15) is 4.98 Å². The first kappa shape index (κ1) is 27.6. The van der Waals surface area contributed by atoms with E-state index in [9.17, 15) is 9.59 Å². The second-order valence-corrected chi connectivity index (χ2v) is 12.8. The number of hydrogen-bond donors (Lipinski definition) is 1. The third kappa shape index (κ3) is 5.37. The van der Waals surface area contributed by atoms with Gasteiger partial charge in [0.05, 0.1) is 5.56 Å². The van der Waals surface area contributed by atoms with Crippen molar-refractivity contribution >= 4 is 29.2 Å². The van der Waals surface area contributed by atoms with Gasteiger partial charge in [-0.05, 0) is 82.0 Å². The van der Waals surface area contributed by atoms with E-state index in [4.69, 9.17) is 21.3 Å².